The van der Waals surface area contributed by atoms with Gasteiger partial charge in [-0.25, -0.2) is 9.97 Å². The zero-order valence-corrected chi connectivity index (χ0v) is 17.0. The molecule has 152 valence electrons. The number of aromatic nitrogens is 5. The Bertz CT molecular complexity index is 1350. The van der Waals surface area contributed by atoms with Gasteiger partial charge in [-0.1, -0.05) is 42.5 Å². The molecule has 5 aromatic rings. The molecule has 6 rings (SSSR count). The summed E-state index contributed by atoms with van der Waals surface area (Å²) in [4.78, 5) is 9.43. The molecule has 3 aromatic heterocycles. The van der Waals surface area contributed by atoms with Gasteiger partial charge < -0.3 is 10.3 Å². The molecule has 6 heteroatoms. The summed E-state index contributed by atoms with van der Waals surface area (Å²) in [6.45, 7) is 0. The zero-order valence-electron chi connectivity index (χ0n) is 17.0. The smallest absolute Gasteiger partial charge is 0.163 e. The molecule has 0 saturated heterocycles. The van der Waals surface area contributed by atoms with Crippen molar-refractivity contribution in [3.05, 3.63) is 84.8 Å². The van der Waals surface area contributed by atoms with E-state index in [4.69, 9.17) is 10.7 Å². The van der Waals surface area contributed by atoms with Crippen molar-refractivity contribution in [2.75, 3.05) is 0 Å². The van der Waals surface area contributed by atoms with Crippen molar-refractivity contribution < 1.29 is 0 Å². The second-order valence-corrected chi connectivity index (χ2v) is 8.24. The number of benzene rings is 2. The summed E-state index contributed by atoms with van der Waals surface area (Å²) >= 11 is 0. The molecule has 1 aliphatic rings. The third-order valence-electron chi connectivity index (χ3n) is 6.33. The van der Waals surface area contributed by atoms with Crippen LogP contribution >= 0.6 is 0 Å². The zero-order chi connectivity index (χ0) is 20.8. The largest absolute Gasteiger partial charge is 0.321 e. The summed E-state index contributed by atoms with van der Waals surface area (Å²) in [6.07, 6.45) is 8.74. The van der Waals surface area contributed by atoms with Crippen molar-refractivity contribution in [3.63, 3.8) is 0 Å². The Balaban J connectivity index is 1.53. The van der Waals surface area contributed by atoms with E-state index in [0.29, 0.717) is 5.82 Å². The van der Waals surface area contributed by atoms with Gasteiger partial charge in [0.1, 0.15) is 0 Å². The number of H-pyrrole nitrogens is 1. The van der Waals surface area contributed by atoms with E-state index in [2.05, 4.69) is 74.3 Å². The number of aromatic amines is 1. The lowest BCUT2D eigenvalue weighted by molar-refractivity contribution is 0.253. The minimum absolute atomic E-state index is 0.165. The first-order valence-electron chi connectivity index (χ1n) is 10.5. The maximum absolute atomic E-state index is 6.53. The molecule has 0 atom stereocenters. The van der Waals surface area contributed by atoms with Crippen LogP contribution in [-0.4, -0.2) is 24.7 Å². The van der Waals surface area contributed by atoms with Gasteiger partial charge in [-0.2, -0.15) is 5.10 Å². The Kier molecular flexibility index (Phi) is 4.01. The molecule has 0 radical (unpaired) electrons. The lowest BCUT2D eigenvalue weighted by atomic mass is 9.73. The lowest BCUT2D eigenvalue weighted by Gasteiger charge is -2.38. The van der Waals surface area contributed by atoms with Crippen molar-refractivity contribution in [3.8, 4) is 28.3 Å². The van der Waals surface area contributed by atoms with Crippen LogP contribution in [0.4, 0.5) is 0 Å². The third kappa shape index (κ3) is 2.95. The molecule has 0 amide bonds. The number of hydrogen-bond acceptors (Lipinski definition) is 4. The summed E-state index contributed by atoms with van der Waals surface area (Å²) in [6, 6.07) is 21.1. The maximum Gasteiger partial charge on any atom is 0.163 e. The van der Waals surface area contributed by atoms with Crippen molar-refractivity contribution >= 4 is 11.0 Å². The van der Waals surface area contributed by atoms with E-state index < -0.39 is 0 Å². The van der Waals surface area contributed by atoms with Gasteiger partial charge in [0.2, 0.25) is 0 Å². The molecule has 3 N–H and O–H groups in total. The topological polar surface area (TPSA) is 85.4 Å². The summed E-state index contributed by atoms with van der Waals surface area (Å²) in [5.41, 5.74) is 13.6. The number of hydrogen-bond donors (Lipinski definition) is 2. The number of rotatable bonds is 4. The van der Waals surface area contributed by atoms with Crippen LogP contribution in [0.2, 0.25) is 0 Å². The van der Waals surface area contributed by atoms with Crippen molar-refractivity contribution in [1.82, 2.24) is 24.7 Å². The molecule has 2 aromatic carbocycles. The van der Waals surface area contributed by atoms with Gasteiger partial charge in [-0.3, -0.25) is 5.10 Å². The Labute approximate surface area is 179 Å². The molecule has 0 aliphatic heterocycles. The van der Waals surface area contributed by atoms with Crippen LogP contribution in [0.3, 0.4) is 0 Å². The Morgan fingerprint density at radius 3 is 2.42 bits per heavy atom. The van der Waals surface area contributed by atoms with Crippen molar-refractivity contribution in [2.45, 2.75) is 24.8 Å². The summed E-state index contributed by atoms with van der Waals surface area (Å²) in [5, 5.41) is 6.84. The highest BCUT2D eigenvalue weighted by atomic mass is 15.1. The first kappa shape index (κ1) is 18.0. The second-order valence-electron chi connectivity index (χ2n) is 8.24. The SMILES string of the molecule is NC1(c2ccc(-n3c(-c4ccccc4)cc4nc(-c5cn[nH]c5)ncc43)cc2)CCC1. The molecule has 31 heavy (non-hydrogen) atoms. The van der Waals surface area contributed by atoms with E-state index in [1.54, 1.807) is 12.4 Å². The van der Waals surface area contributed by atoms with Crippen molar-refractivity contribution in [2.24, 2.45) is 5.73 Å². The fourth-order valence-corrected chi connectivity index (χ4v) is 4.39. The van der Waals surface area contributed by atoms with Crippen LogP contribution in [0.25, 0.3) is 39.4 Å². The maximum atomic E-state index is 6.53. The van der Waals surface area contributed by atoms with Gasteiger partial charge in [0, 0.05) is 17.4 Å². The number of fused-ring (bicyclic) bond motifs is 1. The Morgan fingerprint density at radius 1 is 0.935 bits per heavy atom. The predicted molar refractivity (Wildman–Crippen MR) is 122 cm³/mol. The highest BCUT2D eigenvalue weighted by Crippen LogP contribution is 2.39. The van der Waals surface area contributed by atoms with Gasteiger partial charge >= 0.3 is 0 Å². The van der Waals surface area contributed by atoms with E-state index >= 15 is 0 Å². The standard InChI is InChI=1S/C25H22N6/c26-25(11-4-12-25)19-7-9-20(10-8-19)31-22(17-5-2-1-3-6-17)13-21-23(31)16-27-24(30-21)18-14-28-29-15-18/h1-3,5-10,13-16H,4,11-12,26H2,(H,28,29). The molecule has 3 heterocycles. The Morgan fingerprint density at radius 2 is 1.74 bits per heavy atom. The normalized spacial score (nSPS) is 15.1. The molecule has 0 spiro atoms. The first-order valence-corrected chi connectivity index (χ1v) is 10.5. The molecule has 1 aliphatic carbocycles. The second kappa shape index (κ2) is 6.89. The monoisotopic (exact) mass is 406 g/mol. The van der Waals surface area contributed by atoms with Gasteiger partial charge in [-0.15, -0.1) is 0 Å². The van der Waals surface area contributed by atoms with Crippen LogP contribution in [-0.2, 0) is 5.54 Å². The van der Waals surface area contributed by atoms with Crippen molar-refractivity contribution in [1.29, 1.82) is 0 Å². The first-order chi connectivity index (χ1) is 15.2. The van der Waals surface area contributed by atoms with Crippen LogP contribution in [0.1, 0.15) is 24.8 Å². The number of nitrogens with one attached hydrogen (secondary N) is 1. The molecule has 0 unspecified atom stereocenters. The summed E-state index contributed by atoms with van der Waals surface area (Å²) in [7, 11) is 0. The van der Waals surface area contributed by atoms with Gasteiger partial charge in [0.15, 0.2) is 5.82 Å². The highest BCUT2D eigenvalue weighted by molar-refractivity contribution is 5.87. The molecule has 6 nitrogen and oxygen atoms in total. The summed E-state index contributed by atoms with van der Waals surface area (Å²) < 4.78 is 2.22. The molecule has 1 saturated carbocycles. The average Bonchev–Trinajstić information content (AvgIpc) is 3.46. The quantitative estimate of drug-likeness (QED) is 0.448. The average molecular weight is 406 g/mol. The van der Waals surface area contributed by atoms with Gasteiger partial charge in [0.25, 0.3) is 0 Å². The molecule has 0 bridgehead atoms. The highest BCUT2D eigenvalue weighted by Gasteiger charge is 2.34. The van der Waals surface area contributed by atoms with Gasteiger partial charge in [-0.05, 0) is 48.6 Å². The third-order valence-corrected chi connectivity index (χ3v) is 6.33. The lowest BCUT2D eigenvalue weighted by Crippen LogP contribution is -2.43. The van der Waals surface area contributed by atoms with Crippen LogP contribution < -0.4 is 5.73 Å². The fourth-order valence-electron chi connectivity index (χ4n) is 4.39. The van der Waals surface area contributed by atoms with E-state index in [9.17, 15) is 0 Å². The van der Waals surface area contributed by atoms with Crippen LogP contribution in [0.15, 0.2) is 79.3 Å². The fraction of sp³-hybridized carbons (Fsp3) is 0.160. The molecular weight excluding hydrogens is 384 g/mol. The van der Waals surface area contributed by atoms with E-state index in [1.807, 2.05) is 12.3 Å². The molecule has 1 fully saturated rings. The van der Waals surface area contributed by atoms with E-state index in [-0.39, 0.29) is 5.54 Å². The van der Waals surface area contributed by atoms with E-state index in [0.717, 1.165) is 46.4 Å². The van der Waals surface area contributed by atoms with Crippen LogP contribution in [0, 0.1) is 0 Å². The number of nitrogens with two attached hydrogens (primary N) is 1. The van der Waals surface area contributed by atoms with E-state index in [1.165, 1.54) is 12.0 Å². The minimum atomic E-state index is -0.165. The minimum Gasteiger partial charge on any atom is -0.321 e. The van der Waals surface area contributed by atoms with Crippen LogP contribution in [0.5, 0.6) is 0 Å². The summed E-state index contributed by atoms with van der Waals surface area (Å²) in [5.74, 6) is 0.656. The molecular formula is C25H22N6. The number of nitrogens with zero attached hydrogens (tertiary/aromatic N) is 4. The Hall–Kier alpha value is -3.77. The van der Waals surface area contributed by atoms with Gasteiger partial charge in [0.05, 0.1) is 34.7 Å². The predicted octanol–water partition coefficient (Wildman–Crippen LogP) is 4.82.